The zero-order valence-electron chi connectivity index (χ0n) is 16.4. The first-order chi connectivity index (χ1) is 12.1. The number of unbranched alkanes of at least 4 members (excludes halogenated alkanes) is 11. The quantitative estimate of drug-likeness (QED) is 0.312. The summed E-state index contributed by atoms with van der Waals surface area (Å²) >= 11 is 0. The van der Waals surface area contributed by atoms with E-state index in [2.05, 4.69) is 17.6 Å². The molecule has 0 aliphatic carbocycles. The van der Waals surface area contributed by atoms with E-state index in [1.807, 2.05) is 6.92 Å². The summed E-state index contributed by atoms with van der Waals surface area (Å²) in [6.07, 6.45) is 16.2. The number of hydrogen-bond donors (Lipinski definition) is 3. The number of carbonyl (C=O) groups excluding carboxylic acids is 1. The molecule has 0 aromatic heterocycles. The maximum Gasteiger partial charge on any atom is 0.315 e. The van der Waals surface area contributed by atoms with Crippen molar-refractivity contribution in [2.75, 3.05) is 6.54 Å². The van der Waals surface area contributed by atoms with Crippen LogP contribution in [-0.2, 0) is 4.79 Å². The van der Waals surface area contributed by atoms with Crippen LogP contribution in [0.4, 0.5) is 4.79 Å². The van der Waals surface area contributed by atoms with Gasteiger partial charge in [-0.25, -0.2) is 4.79 Å². The minimum atomic E-state index is -0.881. The molecule has 1 atom stereocenters. The molecule has 5 nitrogen and oxygen atoms in total. The predicted molar refractivity (Wildman–Crippen MR) is 104 cm³/mol. The molecular weight excluding hydrogens is 316 g/mol. The van der Waals surface area contributed by atoms with Crippen LogP contribution in [0, 0.1) is 0 Å². The van der Waals surface area contributed by atoms with Gasteiger partial charge in [-0.1, -0.05) is 84.5 Å². The van der Waals surface area contributed by atoms with Crippen molar-refractivity contribution in [3.05, 3.63) is 0 Å². The Morgan fingerprint density at radius 2 is 1.28 bits per heavy atom. The molecule has 0 bridgehead atoms. The fraction of sp³-hybridized carbons (Fsp3) is 0.900. The number of carbonyl (C=O) groups is 2. The van der Waals surface area contributed by atoms with Gasteiger partial charge in [0.1, 0.15) is 0 Å². The van der Waals surface area contributed by atoms with Crippen LogP contribution >= 0.6 is 0 Å². The van der Waals surface area contributed by atoms with Crippen molar-refractivity contribution in [2.45, 2.75) is 110 Å². The molecule has 148 valence electrons. The molecule has 5 heteroatoms. The highest BCUT2D eigenvalue weighted by molar-refractivity contribution is 5.75. The van der Waals surface area contributed by atoms with Gasteiger partial charge in [0, 0.05) is 12.6 Å². The summed E-state index contributed by atoms with van der Waals surface area (Å²) in [6, 6.07) is -0.546. The normalized spacial score (nSPS) is 11.9. The minimum absolute atomic E-state index is 0.0253. The molecular formula is C20H40N2O3. The van der Waals surface area contributed by atoms with E-state index in [-0.39, 0.29) is 18.5 Å². The van der Waals surface area contributed by atoms with Crippen molar-refractivity contribution in [2.24, 2.45) is 0 Å². The minimum Gasteiger partial charge on any atom is -0.481 e. The Morgan fingerprint density at radius 1 is 0.800 bits per heavy atom. The maximum absolute atomic E-state index is 11.7. The van der Waals surface area contributed by atoms with E-state index in [4.69, 9.17) is 5.11 Å². The lowest BCUT2D eigenvalue weighted by molar-refractivity contribution is -0.137. The van der Waals surface area contributed by atoms with Crippen molar-refractivity contribution in [3.63, 3.8) is 0 Å². The first-order valence-corrected chi connectivity index (χ1v) is 10.4. The Kier molecular flexibility index (Phi) is 16.7. The first-order valence-electron chi connectivity index (χ1n) is 10.4. The van der Waals surface area contributed by atoms with Crippen LogP contribution in [0.3, 0.4) is 0 Å². The van der Waals surface area contributed by atoms with Gasteiger partial charge in [-0.15, -0.1) is 0 Å². The number of rotatable bonds is 17. The summed E-state index contributed by atoms with van der Waals surface area (Å²) in [5, 5.41) is 14.3. The molecule has 0 aromatic rings. The Labute approximate surface area is 154 Å². The van der Waals surface area contributed by atoms with Gasteiger partial charge in [0.05, 0.1) is 6.42 Å². The number of amides is 2. The van der Waals surface area contributed by atoms with E-state index in [1.54, 1.807) is 0 Å². The van der Waals surface area contributed by atoms with Crippen LogP contribution in [0.5, 0.6) is 0 Å². The third-order valence-electron chi connectivity index (χ3n) is 4.56. The maximum atomic E-state index is 11.7. The van der Waals surface area contributed by atoms with Gasteiger partial charge >= 0.3 is 12.0 Å². The smallest absolute Gasteiger partial charge is 0.315 e. The van der Waals surface area contributed by atoms with Gasteiger partial charge < -0.3 is 15.7 Å². The first kappa shape index (κ1) is 23.7. The zero-order chi connectivity index (χ0) is 18.8. The van der Waals surface area contributed by atoms with Gasteiger partial charge in [-0.2, -0.15) is 0 Å². The molecule has 3 N–H and O–H groups in total. The highest BCUT2D eigenvalue weighted by atomic mass is 16.4. The molecule has 0 saturated heterocycles. The number of urea groups is 1. The summed E-state index contributed by atoms with van der Waals surface area (Å²) in [7, 11) is 0. The summed E-state index contributed by atoms with van der Waals surface area (Å²) in [5.41, 5.74) is 0. The average molecular weight is 357 g/mol. The molecule has 0 heterocycles. The van der Waals surface area contributed by atoms with E-state index in [0.717, 1.165) is 12.8 Å². The Morgan fingerprint density at radius 3 is 1.72 bits per heavy atom. The van der Waals surface area contributed by atoms with Crippen LogP contribution in [0.15, 0.2) is 0 Å². The average Bonchev–Trinajstić information content (AvgIpc) is 2.58. The van der Waals surface area contributed by atoms with E-state index in [0.29, 0.717) is 13.0 Å². The topological polar surface area (TPSA) is 78.4 Å². The molecule has 25 heavy (non-hydrogen) atoms. The molecule has 0 aliphatic rings. The lowest BCUT2D eigenvalue weighted by Gasteiger charge is -2.15. The van der Waals surface area contributed by atoms with Crippen LogP contribution in [0.1, 0.15) is 104 Å². The van der Waals surface area contributed by atoms with Crippen LogP contribution < -0.4 is 10.6 Å². The van der Waals surface area contributed by atoms with Gasteiger partial charge in [-0.05, 0) is 12.8 Å². The van der Waals surface area contributed by atoms with Gasteiger partial charge in [0.25, 0.3) is 0 Å². The molecule has 0 rings (SSSR count). The number of hydrogen-bond acceptors (Lipinski definition) is 2. The zero-order valence-corrected chi connectivity index (χ0v) is 16.4. The van der Waals surface area contributed by atoms with Crippen molar-refractivity contribution in [1.82, 2.24) is 10.6 Å². The molecule has 0 spiro atoms. The van der Waals surface area contributed by atoms with Crippen molar-refractivity contribution in [3.8, 4) is 0 Å². The third kappa shape index (κ3) is 17.4. The fourth-order valence-corrected chi connectivity index (χ4v) is 2.91. The second-order valence-electron chi connectivity index (χ2n) is 6.99. The predicted octanol–water partition coefficient (Wildman–Crippen LogP) is 5.24. The van der Waals surface area contributed by atoms with Gasteiger partial charge in [-0.3, -0.25) is 4.79 Å². The summed E-state index contributed by atoms with van der Waals surface area (Å²) < 4.78 is 0. The van der Waals surface area contributed by atoms with Gasteiger partial charge in [0.15, 0.2) is 0 Å². The van der Waals surface area contributed by atoms with Gasteiger partial charge in [0.2, 0.25) is 0 Å². The van der Waals surface area contributed by atoms with E-state index >= 15 is 0 Å². The molecule has 0 saturated carbocycles. The SMILES string of the molecule is CCCCCCCCCCCCCCNC(=O)N[C@@H](CC)CC(=O)O. The highest BCUT2D eigenvalue weighted by Crippen LogP contribution is 2.11. The van der Waals surface area contributed by atoms with Crippen LogP contribution in [-0.4, -0.2) is 29.7 Å². The largest absolute Gasteiger partial charge is 0.481 e. The van der Waals surface area contributed by atoms with Crippen LogP contribution in [0.2, 0.25) is 0 Å². The van der Waals surface area contributed by atoms with E-state index in [9.17, 15) is 9.59 Å². The number of carboxylic acids is 1. The molecule has 0 aromatic carbocycles. The lowest BCUT2D eigenvalue weighted by atomic mass is 10.1. The van der Waals surface area contributed by atoms with Crippen LogP contribution in [0.25, 0.3) is 0 Å². The second-order valence-corrected chi connectivity index (χ2v) is 6.99. The van der Waals surface area contributed by atoms with Crippen molar-refractivity contribution >= 4 is 12.0 Å². The number of nitrogens with one attached hydrogen (secondary N) is 2. The number of aliphatic carboxylic acids is 1. The fourth-order valence-electron chi connectivity index (χ4n) is 2.91. The van der Waals surface area contributed by atoms with Crippen molar-refractivity contribution < 1.29 is 14.7 Å². The Hall–Kier alpha value is -1.26. The standard InChI is InChI=1S/C20H40N2O3/c1-3-5-6-7-8-9-10-11-12-13-14-15-16-21-20(25)22-18(4-2)17-19(23)24/h18H,3-17H2,1-2H3,(H,23,24)(H2,21,22,25)/t18-/m0/s1. The van der Waals surface area contributed by atoms with E-state index in [1.165, 1.54) is 64.2 Å². The van der Waals surface area contributed by atoms with Crippen molar-refractivity contribution in [1.29, 1.82) is 0 Å². The lowest BCUT2D eigenvalue weighted by Crippen LogP contribution is -2.43. The molecule has 0 aliphatic heterocycles. The summed E-state index contributed by atoms with van der Waals surface area (Å²) in [5.74, 6) is -0.881. The Bertz CT molecular complexity index is 335. The number of carboxylic acid groups (broad SMARTS) is 1. The Balaban J connectivity index is 3.34. The molecule has 2 amide bonds. The molecule has 0 fully saturated rings. The van der Waals surface area contributed by atoms with E-state index < -0.39 is 5.97 Å². The highest BCUT2D eigenvalue weighted by Gasteiger charge is 2.13. The molecule has 0 unspecified atom stereocenters. The molecule has 0 radical (unpaired) electrons. The summed E-state index contributed by atoms with van der Waals surface area (Å²) in [6.45, 7) is 4.79. The monoisotopic (exact) mass is 356 g/mol. The second kappa shape index (κ2) is 17.6. The third-order valence-corrected chi connectivity index (χ3v) is 4.56. The summed E-state index contributed by atoms with van der Waals surface area (Å²) in [4.78, 5) is 22.3.